The molecule has 0 aromatic heterocycles. The largest absolute Gasteiger partial charge is 0.357 e. The Morgan fingerprint density at radius 3 is 2.52 bits per heavy atom. The molecule has 2 aromatic carbocycles. The fourth-order valence-corrected chi connectivity index (χ4v) is 3.07. The van der Waals surface area contributed by atoms with Crippen LogP contribution in [0.3, 0.4) is 0 Å². The molecule has 1 unspecified atom stereocenters. The second kappa shape index (κ2) is 6.72. The van der Waals surface area contributed by atoms with E-state index in [1.54, 1.807) is 19.2 Å². The number of para-hydroxylation sites is 1. The molecule has 1 aliphatic rings. The molecule has 1 N–H and O–H groups in total. The standard InChI is InChI=1S/C18H17N3O4/c1-19-18(23)16-11-13-4-2-3-5-15(13)20(16)17(22)10-12-6-8-14(9-7-12)21(24)25/h2-9,16H,10-11H2,1H3,(H,19,23). The van der Waals surface area contributed by atoms with Crippen LogP contribution < -0.4 is 10.2 Å². The quantitative estimate of drug-likeness (QED) is 0.679. The SMILES string of the molecule is CNC(=O)C1Cc2ccccc2N1C(=O)Cc1ccc([N+](=O)[O-])cc1. The van der Waals surface area contributed by atoms with Crippen LogP contribution in [0.5, 0.6) is 0 Å². The van der Waals surface area contributed by atoms with Crippen LogP contribution in [-0.4, -0.2) is 29.8 Å². The molecule has 0 bridgehead atoms. The van der Waals surface area contributed by atoms with E-state index in [1.807, 2.05) is 24.3 Å². The average molecular weight is 339 g/mol. The van der Waals surface area contributed by atoms with Crippen molar-refractivity contribution in [3.8, 4) is 0 Å². The highest BCUT2D eigenvalue weighted by atomic mass is 16.6. The zero-order chi connectivity index (χ0) is 18.0. The van der Waals surface area contributed by atoms with Gasteiger partial charge in [0, 0.05) is 31.3 Å². The van der Waals surface area contributed by atoms with Crippen molar-refractivity contribution in [2.45, 2.75) is 18.9 Å². The van der Waals surface area contributed by atoms with Crippen LogP contribution >= 0.6 is 0 Å². The van der Waals surface area contributed by atoms with Gasteiger partial charge in [-0.05, 0) is 17.2 Å². The normalized spacial score (nSPS) is 15.6. The number of likely N-dealkylation sites (N-methyl/N-ethyl adjacent to an activating group) is 1. The predicted octanol–water partition coefficient (Wildman–Crippen LogP) is 1.84. The summed E-state index contributed by atoms with van der Waals surface area (Å²) in [7, 11) is 1.55. The van der Waals surface area contributed by atoms with E-state index in [1.165, 1.54) is 17.0 Å². The Labute approximate surface area is 144 Å². The molecule has 25 heavy (non-hydrogen) atoms. The summed E-state index contributed by atoms with van der Waals surface area (Å²) < 4.78 is 0. The molecule has 1 atom stereocenters. The van der Waals surface area contributed by atoms with Crippen molar-refractivity contribution < 1.29 is 14.5 Å². The highest BCUT2D eigenvalue weighted by Crippen LogP contribution is 2.32. The minimum absolute atomic E-state index is 0.0223. The fraction of sp³-hybridized carbons (Fsp3) is 0.222. The number of nitrogens with zero attached hydrogens (tertiary/aromatic N) is 2. The number of nitrogens with one attached hydrogen (secondary N) is 1. The van der Waals surface area contributed by atoms with Gasteiger partial charge in [0.05, 0.1) is 11.3 Å². The first-order chi connectivity index (χ1) is 12.0. The molecule has 7 nitrogen and oxygen atoms in total. The highest BCUT2D eigenvalue weighted by molar-refractivity contribution is 6.04. The Hall–Kier alpha value is -3.22. The van der Waals surface area contributed by atoms with Gasteiger partial charge in [0.1, 0.15) is 6.04 Å². The van der Waals surface area contributed by atoms with Crippen LogP contribution in [0.4, 0.5) is 11.4 Å². The zero-order valence-corrected chi connectivity index (χ0v) is 13.6. The first-order valence-corrected chi connectivity index (χ1v) is 7.86. The molecule has 0 radical (unpaired) electrons. The van der Waals surface area contributed by atoms with Crippen molar-refractivity contribution in [1.82, 2.24) is 5.32 Å². The molecule has 2 aromatic rings. The van der Waals surface area contributed by atoms with Gasteiger partial charge >= 0.3 is 0 Å². The van der Waals surface area contributed by atoms with E-state index in [4.69, 9.17) is 0 Å². The third kappa shape index (κ3) is 3.21. The van der Waals surface area contributed by atoms with Crippen LogP contribution in [0.1, 0.15) is 11.1 Å². The maximum Gasteiger partial charge on any atom is 0.269 e. The number of anilines is 1. The minimum atomic E-state index is -0.576. The number of non-ortho nitro benzene ring substituents is 1. The third-order valence-corrected chi connectivity index (χ3v) is 4.30. The summed E-state index contributed by atoms with van der Waals surface area (Å²) in [5.41, 5.74) is 2.33. The lowest BCUT2D eigenvalue weighted by molar-refractivity contribution is -0.384. The molecular formula is C18H17N3O4. The Kier molecular flexibility index (Phi) is 4.47. The van der Waals surface area contributed by atoms with Crippen molar-refractivity contribution >= 4 is 23.2 Å². The number of nitro groups is 1. The second-order valence-electron chi connectivity index (χ2n) is 5.83. The first kappa shape index (κ1) is 16.6. The molecule has 1 aliphatic heterocycles. The average Bonchev–Trinajstić information content (AvgIpc) is 3.01. The number of hydrogen-bond donors (Lipinski definition) is 1. The van der Waals surface area contributed by atoms with Crippen LogP contribution in [0.15, 0.2) is 48.5 Å². The van der Waals surface area contributed by atoms with Gasteiger partial charge < -0.3 is 5.32 Å². The lowest BCUT2D eigenvalue weighted by Crippen LogP contribution is -2.47. The van der Waals surface area contributed by atoms with Crippen molar-refractivity contribution in [3.63, 3.8) is 0 Å². The number of nitro benzene ring substituents is 1. The highest BCUT2D eigenvalue weighted by Gasteiger charge is 2.37. The molecule has 7 heteroatoms. The van der Waals surface area contributed by atoms with Crippen LogP contribution in [0, 0.1) is 10.1 Å². The number of carbonyl (C=O) groups is 2. The summed E-state index contributed by atoms with van der Waals surface area (Å²) in [6.45, 7) is 0. The summed E-state index contributed by atoms with van der Waals surface area (Å²) in [6.07, 6.45) is 0.543. The first-order valence-electron chi connectivity index (χ1n) is 7.86. The van der Waals surface area contributed by atoms with Gasteiger partial charge in [-0.1, -0.05) is 30.3 Å². The van der Waals surface area contributed by atoms with Gasteiger partial charge in [0.25, 0.3) is 5.69 Å². The summed E-state index contributed by atoms with van der Waals surface area (Å²) >= 11 is 0. The van der Waals surface area contributed by atoms with Crippen molar-refractivity contribution in [1.29, 1.82) is 0 Å². The topological polar surface area (TPSA) is 92.6 Å². The Morgan fingerprint density at radius 2 is 1.88 bits per heavy atom. The van der Waals surface area contributed by atoms with Gasteiger partial charge in [-0.15, -0.1) is 0 Å². The van der Waals surface area contributed by atoms with E-state index in [2.05, 4.69) is 5.32 Å². The number of carbonyl (C=O) groups excluding carboxylic acids is 2. The molecular weight excluding hydrogens is 322 g/mol. The smallest absolute Gasteiger partial charge is 0.269 e. The maximum absolute atomic E-state index is 12.8. The lowest BCUT2D eigenvalue weighted by Gasteiger charge is -2.24. The van der Waals surface area contributed by atoms with Crippen LogP contribution in [0.25, 0.3) is 0 Å². The number of benzene rings is 2. The molecule has 0 fully saturated rings. The van der Waals surface area contributed by atoms with Crippen LogP contribution in [0.2, 0.25) is 0 Å². The lowest BCUT2D eigenvalue weighted by atomic mass is 10.1. The number of fused-ring (bicyclic) bond motifs is 1. The molecule has 0 saturated carbocycles. The van der Waals surface area contributed by atoms with E-state index in [0.717, 1.165) is 11.3 Å². The Balaban J connectivity index is 1.85. The van der Waals surface area contributed by atoms with Gasteiger partial charge in [0.15, 0.2) is 0 Å². The molecule has 0 spiro atoms. The monoisotopic (exact) mass is 339 g/mol. The van der Waals surface area contributed by atoms with Gasteiger partial charge in [-0.2, -0.15) is 0 Å². The fourth-order valence-electron chi connectivity index (χ4n) is 3.07. The number of rotatable bonds is 4. The van der Waals surface area contributed by atoms with Gasteiger partial charge in [-0.25, -0.2) is 0 Å². The predicted molar refractivity (Wildman–Crippen MR) is 92.3 cm³/mol. The Morgan fingerprint density at radius 1 is 1.20 bits per heavy atom. The van der Waals surface area contributed by atoms with Crippen LogP contribution in [-0.2, 0) is 22.4 Å². The zero-order valence-electron chi connectivity index (χ0n) is 13.6. The van der Waals surface area contributed by atoms with E-state index in [9.17, 15) is 19.7 Å². The summed E-state index contributed by atoms with van der Waals surface area (Å²) in [4.78, 5) is 36.8. The maximum atomic E-state index is 12.8. The molecule has 1 heterocycles. The molecule has 3 rings (SSSR count). The molecule has 0 aliphatic carbocycles. The van der Waals surface area contributed by atoms with Gasteiger partial charge in [0.2, 0.25) is 11.8 Å². The van der Waals surface area contributed by atoms with Crippen molar-refractivity contribution in [3.05, 3.63) is 69.8 Å². The molecule has 128 valence electrons. The van der Waals surface area contributed by atoms with Crippen molar-refractivity contribution in [2.75, 3.05) is 11.9 Å². The summed E-state index contributed by atoms with van der Waals surface area (Å²) in [5.74, 6) is -0.430. The summed E-state index contributed by atoms with van der Waals surface area (Å²) in [5, 5.41) is 13.3. The third-order valence-electron chi connectivity index (χ3n) is 4.30. The van der Waals surface area contributed by atoms with E-state index >= 15 is 0 Å². The minimum Gasteiger partial charge on any atom is -0.357 e. The van der Waals surface area contributed by atoms with E-state index in [-0.39, 0.29) is 23.9 Å². The number of hydrogen-bond acceptors (Lipinski definition) is 4. The molecule has 2 amide bonds. The van der Waals surface area contributed by atoms with E-state index in [0.29, 0.717) is 12.0 Å². The molecule has 0 saturated heterocycles. The second-order valence-corrected chi connectivity index (χ2v) is 5.83. The Bertz CT molecular complexity index is 832. The van der Waals surface area contributed by atoms with Gasteiger partial charge in [-0.3, -0.25) is 24.6 Å². The number of amides is 2. The van der Waals surface area contributed by atoms with Crippen molar-refractivity contribution in [2.24, 2.45) is 0 Å². The summed E-state index contributed by atoms with van der Waals surface area (Å²) in [6, 6.07) is 12.7. The van der Waals surface area contributed by atoms with E-state index < -0.39 is 11.0 Å².